The number of rotatable bonds is 3. The summed E-state index contributed by atoms with van der Waals surface area (Å²) in [6.07, 6.45) is 1.80. The molecule has 0 saturated heterocycles. The zero-order valence-electron chi connectivity index (χ0n) is 10.7. The number of nitrogens with one attached hydrogen (secondary N) is 1. The van der Waals surface area contributed by atoms with Gasteiger partial charge in [-0.05, 0) is 38.1 Å². The molecule has 1 atom stereocenters. The molecule has 4 nitrogen and oxygen atoms in total. The Labute approximate surface area is 115 Å². The molecule has 2 rings (SSSR count). The molecule has 0 aliphatic heterocycles. The van der Waals surface area contributed by atoms with Gasteiger partial charge < -0.3 is 5.32 Å². The molecule has 0 fully saturated rings. The van der Waals surface area contributed by atoms with Crippen molar-refractivity contribution in [2.45, 2.75) is 19.9 Å². The third-order valence-electron chi connectivity index (χ3n) is 2.63. The van der Waals surface area contributed by atoms with Crippen LogP contribution in [0.3, 0.4) is 0 Å². The van der Waals surface area contributed by atoms with E-state index in [4.69, 9.17) is 5.26 Å². The Morgan fingerprint density at radius 3 is 2.63 bits per heavy atom. The highest BCUT2D eigenvalue weighted by atomic mass is 32.1. The average Bonchev–Trinajstić information content (AvgIpc) is 2.85. The molecule has 19 heavy (non-hydrogen) atoms. The second-order valence-electron chi connectivity index (χ2n) is 4.19. The summed E-state index contributed by atoms with van der Waals surface area (Å²) in [6.45, 7) is 3.89. The average molecular weight is 271 g/mol. The maximum atomic E-state index is 12.0. The van der Waals surface area contributed by atoms with Crippen molar-refractivity contribution >= 4 is 17.2 Å². The van der Waals surface area contributed by atoms with Gasteiger partial charge in [0.25, 0.3) is 5.91 Å². The Kier molecular flexibility index (Phi) is 3.93. The number of thiazole rings is 1. The van der Waals surface area contributed by atoms with Crippen LogP contribution in [0.1, 0.15) is 38.8 Å². The molecule has 0 saturated carbocycles. The highest BCUT2D eigenvalue weighted by Crippen LogP contribution is 2.19. The number of aryl methyl sites for hydroxylation is 1. The van der Waals surface area contributed by atoms with Gasteiger partial charge in [0, 0.05) is 16.6 Å². The van der Waals surface area contributed by atoms with Crippen LogP contribution >= 0.6 is 11.3 Å². The van der Waals surface area contributed by atoms with Gasteiger partial charge in [0.2, 0.25) is 0 Å². The normalized spacial score (nSPS) is 11.6. The van der Waals surface area contributed by atoms with Crippen LogP contribution in [0.4, 0.5) is 0 Å². The molecule has 1 unspecified atom stereocenters. The molecule has 0 aliphatic rings. The molecule has 1 amide bonds. The molecule has 0 spiro atoms. The second-order valence-corrected chi connectivity index (χ2v) is 5.46. The molecule has 1 aromatic carbocycles. The molecule has 0 bridgehead atoms. The van der Waals surface area contributed by atoms with Gasteiger partial charge >= 0.3 is 0 Å². The first-order valence-corrected chi connectivity index (χ1v) is 6.65. The van der Waals surface area contributed by atoms with E-state index in [1.54, 1.807) is 41.8 Å². The van der Waals surface area contributed by atoms with Crippen molar-refractivity contribution in [1.29, 1.82) is 5.26 Å². The number of hydrogen-bond acceptors (Lipinski definition) is 4. The van der Waals surface area contributed by atoms with Gasteiger partial charge in [-0.25, -0.2) is 4.98 Å². The minimum atomic E-state index is -0.162. The van der Waals surface area contributed by atoms with Crippen LogP contribution in [-0.4, -0.2) is 10.9 Å². The Morgan fingerprint density at radius 1 is 1.42 bits per heavy atom. The van der Waals surface area contributed by atoms with Crippen molar-refractivity contribution in [3.05, 3.63) is 51.5 Å². The van der Waals surface area contributed by atoms with Crippen molar-refractivity contribution < 1.29 is 4.79 Å². The number of carbonyl (C=O) groups is 1. The topological polar surface area (TPSA) is 65.8 Å². The predicted molar refractivity (Wildman–Crippen MR) is 73.9 cm³/mol. The van der Waals surface area contributed by atoms with E-state index in [2.05, 4.69) is 10.3 Å². The first-order valence-electron chi connectivity index (χ1n) is 5.83. The maximum absolute atomic E-state index is 12.0. The molecule has 1 aromatic heterocycles. The fraction of sp³-hybridized carbons (Fsp3) is 0.214. The third-order valence-corrected chi connectivity index (χ3v) is 3.73. The summed E-state index contributed by atoms with van der Waals surface area (Å²) in [5.41, 5.74) is 1.08. The summed E-state index contributed by atoms with van der Waals surface area (Å²) in [5.74, 6) is -0.162. The fourth-order valence-electron chi connectivity index (χ4n) is 1.61. The Bertz CT molecular complexity index is 625. The number of benzene rings is 1. The summed E-state index contributed by atoms with van der Waals surface area (Å²) in [4.78, 5) is 17.4. The van der Waals surface area contributed by atoms with Gasteiger partial charge in [-0.3, -0.25) is 4.79 Å². The van der Waals surface area contributed by atoms with Crippen molar-refractivity contribution in [1.82, 2.24) is 10.3 Å². The second kappa shape index (κ2) is 5.63. The van der Waals surface area contributed by atoms with Crippen molar-refractivity contribution in [3.63, 3.8) is 0 Å². The van der Waals surface area contributed by atoms with Crippen LogP contribution in [0.25, 0.3) is 0 Å². The van der Waals surface area contributed by atoms with E-state index in [0.717, 1.165) is 9.88 Å². The first kappa shape index (κ1) is 13.2. The Morgan fingerprint density at radius 2 is 2.11 bits per heavy atom. The van der Waals surface area contributed by atoms with Gasteiger partial charge in [-0.1, -0.05) is 0 Å². The predicted octanol–water partition coefficient (Wildman–Crippen LogP) is 2.81. The molecular weight excluding hydrogens is 258 g/mol. The summed E-state index contributed by atoms with van der Waals surface area (Å²) in [6, 6.07) is 8.46. The van der Waals surface area contributed by atoms with Gasteiger partial charge in [0.05, 0.1) is 17.7 Å². The number of aromatic nitrogens is 1. The zero-order chi connectivity index (χ0) is 13.8. The van der Waals surface area contributed by atoms with Crippen molar-refractivity contribution in [3.8, 4) is 6.07 Å². The number of hydrogen-bond donors (Lipinski definition) is 1. The summed E-state index contributed by atoms with van der Waals surface area (Å²) < 4.78 is 0. The van der Waals surface area contributed by atoms with Gasteiger partial charge in [0.15, 0.2) is 0 Å². The van der Waals surface area contributed by atoms with E-state index < -0.39 is 0 Å². The lowest BCUT2D eigenvalue weighted by atomic mass is 10.1. The molecule has 96 valence electrons. The molecule has 1 heterocycles. The highest BCUT2D eigenvalue weighted by molar-refractivity contribution is 7.11. The standard InChI is InChI=1S/C14H13N3OS/c1-9-8-16-14(19-9)10(2)17-13(18)12-5-3-11(7-15)4-6-12/h3-6,8,10H,1-2H3,(H,17,18). The van der Waals surface area contributed by atoms with E-state index in [0.29, 0.717) is 11.1 Å². The third kappa shape index (κ3) is 3.18. The van der Waals surface area contributed by atoms with E-state index in [1.165, 1.54) is 0 Å². The van der Waals surface area contributed by atoms with E-state index in [9.17, 15) is 4.79 Å². The lowest BCUT2D eigenvalue weighted by molar-refractivity contribution is 0.0940. The summed E-state index contributed by atoms with van der Waals surface area (Å²) in [7, 11) is 0. The smallest absolute Gasteiger partial charge is 0.251 e. The number of carbonyl (C=O) groups excluding carboxylic acids is 1. The molecule has 0 aliphatic carbocycles. The summed E-state index contributed by atoms with van der Waals surface area (Å²) >= 11 is 1.57. The molecule has 2 aromatic rings. The number of amides is 1. The van der Waals surface area contributed by atoms with E-state index >= 15 is 0 Å². The Hall–Kier alpha value is -2.19. The van der Waals surface area contributed by atoms with Gasteiger partial charge in [0.1, 0.15) is 5.01 Å². The monoisotopic (exact) mass is 271 g/mol. The lowest BCUT2D eigenvalue weighted by Gasteiger charge is -2.11. The van der Waals surface area contributed by atoms with Gasteiger partial charge in [-0.15, -0.1) is 11.3 Å². The van der Waals surface area contributed by atoms with Crippen LogP contribution in [0.5, 0.6) is 0 Å². The molecule has 5 heteroatoms. The van der Waals surface area contributed by atoms with Crippen LogP contribution in [0, 0.1) is 18.3 Å². The van der Waals surface area contributed by atoms with Crippen LogP contribution < -0.4 is 5.32 Å². The van der Waals surface area contributed by atoms with Crippen LogP contribution in [0.15, 0.2) is 30.5 Å². The minimum Gasteiger partial charge on any atom is -0.343 e. The van der Waals surface area contributed by atoms with E-state index in [-0.39, 0.29) is 11.9 Å². The lowest BCUT2D eigenvalue weighted by Crippen LogP contribution is -2.26. The molecule has 0 radical (unpaired) electrons. The molecule has 1 N–H and O–H groups in total. The SMILES string of the molecule is Cc1cnc(C(C)NC(=O)c2ccc(C#N)cc2)s1. The zero-order valence-corrected chi connectivity index (χ0v) is 11.5. The number of nitrogens with zero attached hydrogens (tertiary/aromatic N) is 2. The summed E-state index contributed by atoms with van der Waals surface area (Å²) in [5, 5.41) is 12.5. The first-order chi connectivity index (χ1) is 9.10. The quantitative estimate of drug-likeness (QED) is 0.933. The number of nitriles is 1. The van der Waals surface area contributed by atoms with Crippen LogP contribution in [-0.2, 0) is 0 Å². The molecular formula is C14H13N3OS. The maximum Gasteiger partial charge on any atom is 0.251 e. The van der Waals surface area contributed by atoms with Crippen molar-refractivity contribution in [2.75, 3.05) is 0 Å². The van der Waals surface area contributed by atoms with Gasteiger partial charge in [-0.2, -0.15) is 5.26 Å². The highest BCUT2D eigenvalue weighted by Gasteiger charge is 2.13. The fourth-order valence-corrected chi connectivity index (χ4v) is 2.39. The Balaban J connectivity index is 2.06. The largest absolute Gasteiger partial charge is 0.343 e. The van der Waals surface area contributed by atoms with E-state index in [1.807, 2.05) is 19.9 Å². The van der Waals surface area contributed by atoms with Crippen molar-refractivity contribution in [2.24, 2.45) is 0 Å². The minimum absolute atomic E-state index is 0.123. The van der Waals surface area contributed by atoms with Crippen LogP contribution in [0.2, 0.25) is 0 Å².